The average molecular weight is 524 g/mol. The maximum absolute atomic E-state index is 5.00. The molecule has 1 unspecified atom stereocenters. The van der Waals surface area contributed by atoms with E-state index in [0.29, 0.717) is 0 Å². The molecule has 1 atom stereocenters. The van der Waals surface area contributed by atoms with E-state index in [0.717, 1.165) is 22.6 Å². The molecule has 2 heterocycles. The van der Waals surface area contributed by atoms with Gasteiger partial charge in [0.1, 0.15) is 16.3 Å². The minimum atomic E-state index is -1.96. The van der Waals surface area contributed by atoms with Gasteiger partial charge in [0.2, 0.25) is 0 Å². The summed E-state index contributed by atoms with van der Waals surface area (Å²) in [7, 11) is 0. The SMILES string of the molecule is Cc1ccc(C=C2C=CC=CC2[P+](Br)(c2ccccc2)c2ccccc2)nc1-c1ccccn1. The normalized spacial score (nSPS) is 16.6. The van der Waals surface area contributed by atoms with Gasteiger partial charge in [-0.1, -0.05) is 66.8 Å². The van der Waals surface area contributed by atoms with Crippen molar-refractivity contribution < 1.29 is 0 Å². The molecule has 1 aliphatic carbocycles. The Morgan fingerprint density at radius 3 is 2.12 bits per heavy atom. The molecule has 4 aromatic rings. The van der Waals surface area contributed by atoms with Gasteiger partial charge in [-0.15, -0.1) is 0 Å². The third-order valence-electron chi connectivity index (χ3n) is 6.02. The second kappa shape index (κ2) is 10.0. The Morgan fingerprint density at radius 1 is 0.794 bits per heavy atom. The molecule has 0 aliphatic heterocycles. The molecule has 34 heavy (non-hydrogen) atoms. The van der Waals surface area contributed by atoms with Crippen molar-refractivity contribution in [3.8, 4) is 11.4 Å². The van der Waals surface area contributed by atoms with Gasteiger partial charge < -0.3 is 0 Å². The quantitative estimate of drug-likeness (QED) is 0.256. The van der Waals surface area contributed by atoms with Crippen molar-refractivity contribution in [1.29, 1.82) is 0 Å². The number of aromatic nitrogens is 2. The van der Waals surface area contributed by atoms with Crippen LogP contribution in [0.2, 0.25) is 0 Å². The van der Waals surface area contributed by atoms with Gasteiger partial charge >= 0.3 is 0 Å². The number of allylic oxidation sites excluding steroid dienone is 5. The molecule has 0 saturated carbocycles. The monoisotopic (exact) mass is 523 g/mol. The third kappa shape index (κ3) is 4.46. The van der Waals surface area contributed by atoms with Crippen molar-refractivity contribution >= 4 is 38.1 Å². The molecule has 0 saturated heterocycles. The van der Waals surface area contributed by atoms with Crippen LogP contribution in [0, 0.1) is 6.92 Å². The highest BCUT2D eigenvalue weighted by molar-refractivity contribution is 9.44. The highest BCUT2D eigenvalue weighted by Gasteiger charge is 2.49. The summed E-state index contributed by atoms with van der Waals surface area (Å²) in [4.78, 5) is 9.52. The number of benzene rings is 2. The first-order valence-corrected chi connectivity index (χ1v) is 15.2. The lowest BCUT2D eigenvalue weighted by Crippen LogP contribution is -2.28. The Bertz CT molecular complexity index is 1320. The predicted molar refractivity (Wildman–Crippen MR) is 150 cm³/mol. The van der Waals surface area contributed by atoms with Gasteiger partial charge in [0.05, 0.1) is 17.1 Å². The summed E-state index contributed by atoms with van der Waals surface area (Å²) < 4.78 is 0. The van der Waals surface area contributed by atoms with Gasteiger partial charge in [-0.25, -0.2) is 4.98 Å². The molecule has 4 heteroatoms. The first kappa shape index (κ1) is 22.7. The van der Waals surface area contributed by atoms with E-state index < -0.39 is 5.96 Å². The van der Waals surface area contributed by atoms with E-state index in [-0.39, 0.29) is 5.66 Å². The number of aryl methyl sites for hydroxylation is 1. The zero-order valence-electron chi connectivity index (χ0n) is 18.9. The zero-order chi connectivity index (χ0) is 23.4. The van der Waals surface area contributed by atoms with Crippen molar-refractivity contribution in [2.45, 2.75) is 12.6 Å². The molecular formula is C30H25BrN2P+. The van der Waals surface area contributed by atoms with Gasteiger partial charge in [-0.3, -0.25) is 4.98 Å². The second-order valence-electron chi connectivity index (χ2n) is 8.26. The number of hydrogen-bond acceptors (Lipinski definition) is 2. The van der Waals surface area contributed by atoms with Crippen LogP contribution in [0.3, 0.4) is 0 Å². The second-order valence-corrected chi connectivity index (χ2v) is 14.5. The van der Waals surface area contributed by atoms with E-state index in [1.807, 2.05) is 24.4 Å². The molecule has 0 radical (unpaired) electrons. The summed E-state index contributed by atoms with van der Waals surface area (Å²) in [6.07, 6.45) is 12.8. The maximum atomic E-state index is 5.00. The lowest BCUT2D eigenvalue weighted by atomic mass is 10.0. The summed E-state index contributed by atoms with van der Waals surface area (Å²) >= 11 is 4.33. The fraction of sp³-hybridized carbons (Fsp3) is 0.0667. The standard InChI is InChI=1S/C30H25BrN2P/c1-23-19-20-25(33-30(23)28-17-10-11-21-32-28)22-24-12-8-9-18-29(24)34(31,26-13-4-2-5-14-26)27-15-6-3-7-16-27/h2-22,29H,1H3/q+1. The molecule has 0 N–H and O–H groups in total. The molecule has 0 bridgehead atoms. The van der Waals surface area contributed by atoms with Crippen LogP contribution in [-0.4, -0.2) is 15.6 Å². The van der Waals surface area contributed by atoms with Crippen LogP contribution in [0.5, 0.6) is 0 Å². The van der Waals surface area contributed by atoms with Gasteiger partial charge in [0.25, 0.3) is 0 Å². The molecule has 5 rings (SSSR count). The van der Waals surface area contributed by atoms with Crippen molar-refractivity contribution in [2.75, 3.05) is 0 Å². The number of nitrogens with zero attached hydrogens (tertiary/aromatic N) is 2. The number of hydrogen-bond donors (Lipinski definition) is 0. The fourth-order valence-corrected chi connectivity index (χ4v) is 9.92. The molecule has 0 fully saturated rings. The van der Waals surface area contributed by atoms with E-state index in [1.165, 1.54) is 16.2 Å². The highest BCUT2D eigenvalue weighted by Crippen LogP contribution is 2.70. The van der Waals surface area contributed by atoms with Gasteiger partial charge in [0, 0.05) is 6.20 Å². The van der Waals surface area contributed by atoms with E-state index in [9.17, 15) is 0 Å². The Morgan fingerprint density at radius 2 is 1.47 bits per heavy atom. The molecule has 1 aliphatic rings. The minimum absolute atomic E-state index is 0.184. The topological polar surface area (TPSA) is 25.8 Å². The summed E-state index contributed by atoms with van der Waals surface area (Å²) in [5.74, 6) is -1.96. The summed E-state index contributed by atoms with van der Waals surface area (Å²) in [5.41, 5.74) is 5.30. The molecular weight excluding hydrogens is 499 g/mol. The average Bonchev–Trinajstić information content (AvgIpc) is 2.91. The highest BCUT2D eigenvalue weighted by atomic mass is 79.9. The van der Waals surface area contributed by atoms with Crippen molar-refractivity contribution in [2.24, 2.45) is 0 Å². The summed E-state index contributed by atoms with van der Waals surface area (Å²) in [6, 6.07) is 31.8. The Hall–Kier alpha value is -3.13. The molecule has 0 spiro atoms. The van der Waals surface area contributed by atoms with Crippen LogP contribution in [0.1, 0.15) is 11.3 Å². The van der Waals surface area contributed by atoms with Gasteiger partial charge in [0.15, 0.2) is 21.5 Å². The summed E-state index contributed by atoms with van der Waals surface area (Å²) in [6.45, 7) is 2.08. The zero-order valence-corrected chi connectivity index (χ0v) is 21.4. The Labute approximate surface area is 209 Å². The summed E-state index contributed by atoms with van der Waals surface area (Å²) in [5, 5.41) is 2.64. The van der Waals surface area contributed by atoms with E-state index >= 15 is 0 Å². The third-order valence-corrected chi connectivity index (χ3v) is 13.1. The fourth-order valence-electron chi connectivity index (χ4n) is 4.32. The van der Waals surface area contributed by atoms with E-state index in [1.54, 1.807) is 0 Å². The Kier molecular flexibility index (Phi) is 6.67. The van der Waals surface area contributed by atoms with Crippen LogP contribution in [-0.2, 0) is 0 Å². The van der Waals surface area contributed by atoms with E-state index in [2.05, 4.69) is 131 Å². The maximum Gasteiger partial charge on any atom is 0.160 e. The molecule has 2 aromatic heterocycles. The lowest BCUT2D eigenvalue weighted by molar-refractivity contribution is 1.19. The molecule has 2 aromatic carbocycles. The van der Waals surface area contributed by atoms with Crippen LogP contribution in [0.25, 0.3) is 17.5 Å². The van der Waals surface area contributed by atoms with E-state index in [4.69, 9.17) is 4.98 Å². The Balaban J connectivity index is 1.62. The van der Waals surface area contributed by atoms with Crippen molar-refractivity contribution in [3.63, 3.8) is 0 Å². The first-order valence-electron chi connectivity index (χ1n) is 11.3. The minimum Gasteiger partial charge on any atom is -0.255 e. The van der Waals surface area contributed by atoms with Crippen LogP contribution in [0.4, 0.5) is 0 Å². The van der Waals surface area contributed by atoms with Crippen LogP contribution in [0.15, 0.2) is 127 Å². The van der Waals surface area contributed by atoms with Crippen LogP contribution >= 0.6 is 21.5 Å². The smallest absolute Gasteiger partial charge is 0.160 e. The number of pyridine rings is 2. The molecule has 2 nitrogen and oxygen atoms in total. The lowest BCUT2D eigenvalue weighted by Gasteiger charge is -2.29. The van der Waals surface area contributed by atoms with Crippen LogP contribution < -0.4 is 10.6 Å². The molecule has 166 valence electrons. The van der Waals surface area contributed by atoms with Gasteiger partial charge in [-0.05, 0) is 72.7 Å². The molecule has 0 amide bonds. The number of rotatable bonds is 5. The van der Waals surface area contributed by atoms with Crippen molar-refractivity contribution in [1.82, 2.24) is 9.97 Å². The first-order chi connectivity index (χ1) is 16.7. The van der Waals surface area contributed by atoms with Gasteiger partial charge in [-0.2, -0.15) is 0 Å². The predicted octanol–water partition coefficient (Wildman–Crippen LogP) is 7.31. The van der Waals surface area contributed by atoms with Crippen molar-refractivity contribution in [3.05, 3.63) is 138 Å². The number of halogens is 1. The largest absolute Gasteiger partial charge is 0.255 e.